The number of nitrogens with one attached hydrogen (secondary N) is 1. The number of nitrogens with zero attached hydrogens (tertiary/aromatic N) is 1. The summed E-state index contributed by atoms with van der Waals surface area (Å²) in [6, 6.07) is 9.53. The molecule has 0 aromatic heterocycles. The number of hydrazine groups is 1. The monoisotopic (exact) mass is 341 g/mol. The molecule has 2 rings (SSSR count). The maximum absolute atomic E-state index is 14.0. The number of sulfonamides is 1. The first kappa shape index (κ1) is 16.8. The lowest BCUT2D eigenvalue weighted by Gasteiger charge is -2.24. The van der Waals surface area contributed by atoms with E-state index in [2.05, 4.69) is 0 Å². The van der Waals surface area contributed by atoms with Crippen molar-refractivity contribution >= 4 is 21.6 Å². The van der Waals surface area contributed by atoms with Gasteiger partial charge in [-0.25, -0.2) is 23.0 Å². The van der Waals surface area contributed by atoms with Crippen molar-refractivity contribution in [2.45, 2.75) is 4.90 Å². The molecule has 0 aliphatic carbocycles. The van der Waals surface area contributed by atoms with Crippen LogP contribution in [0, 0.1) is 11.6 Å². The fourth-order valence-corrected chi connectivity index (χ4v) is 3.33. The molecule has 3 N–H and O–H groups in total. The molecule has 0 bridgehead atoms. The van der Waals surface area contributed by atoms with Crippen LogP contribution in [0.1, 0.15) is 0 Å². The van der Waals surface area contributed by atoms with Gasteiger partial charge in [0.05, 0.1) is 10.6 Å². The molecule has 2 aromatic rings. The Hall–Kier alpha value is -2.52. The van der Waals surface area contributed by atoms with Crippen LogP contribution in [0.4, 0.5) is 14.5 Å². The summed E-state index contributed by atoms with van der Waals surface area (Å²) in [6.45, 7) is -0.754. The first-order chi connectivity index (χ1) is 10.9. The molecule has 0 unspecified atom stereocenters. The Bertz CT molecular complexity index is 813. The van der Waals surface area contributed by atoms with E-state index in [4.69, 9.17) is 5.84 Å². The Kier molecular flexibility index (Phi) is 4.92. The molecule has 0 aliphatic rings. The number of carbonyl (C=O) groups excluding carboxylic acids is 1. The molecule has 23 heavy (non-hydrogen) atoms. The predicted molar refractivity (Wildman–Crippen MR) is 79.7 cm³/mol. The van der Waals surface area contributed by atoms with Crippen molar-refractivity contribution < 1.29 is 22.0 Å². The third kappa shape index (κ3) is 3.63. The van der Waals surface area contributed by atoms with Crippen molar-refractivity contribution in [2.24, 2.45) is 5.84 Å². The summed E-state index contributed by atoms with van der Waals surface area (Å²) in [7, 11) is -4.24. The molecule has 2 aromatic carbocycles. The van der Waals surface area contributed by atoms with E-state index < -0.39 is 39.8 Å². The zero-order chi connectivity index (χ0) is 17.0. The highest BCUT2D eigenvalue weighted by atomic mass is 32.2. The van der Waals surface area contributed by atoms with Gasteiger partial charge in [0, 0.05) is 6.07 Å². The van der Waals surface area contributed by atoms with Crippen LogP contribution in [-0.2, 0) is 14.8 Å². The standard InChI is InChI=1S/C14H13F2N3O3S/c15-10-6-7-13(12(16)8-10)19(9-14(20)18-17)23(21,22)11-4-2-1-3-5-11/h1-8H,9,17H2,(H,18,20). The number of amides is 1. The van der Waals surface area contributed by atoms with Crippen molar-refractivity contribution in [2.75, 3.05) is 10.8 Å². The highest BCUT2D eigenvalue weighted by Gasteiger charge is 2.29. The van der Waals surface area contributed by atoms with Gasteiger partial charge >= 0.3 is 0 Å². The summed E-state index contributed by atoms with van der Waals surface area (Å²) in [5, 5.41) is 0. The van der Waals surface area contributed by atoms with E-state index in [0.29, 0.717) is 10.4 Å². The second-order valence-corrected chi connectivity index (χ2v) is 6.35. The fraction of sp³-hybridized carbons (Fsp3) is 0.0714. The lowest BCUT2D eigenvalue weighted by molar-refractivity contribution is -0.119. The fourth-order valence-electron chi connectivity index (χ4n) is 1.88. The molecule has 0 saturated carbocycles. The smallest absolute Gasteiger partial charge is 0.264 e. The summed E-state index contributed by atoms with van der Waals surface area (Å²) in [5.41, 5.74) is 1.32. The van der Waals surface area contributed by atoms with Crippen molar-refractivity contribution in [3.05, 3.63) is 60.2 Å². The van der Waals surface area contributed by atoms with Gasteiger partial charge in [-0.15, -0.1) is 0 Å². The van der Waals surface area contributed by atoms with Crippen molar-refractivity contribution in [1.29, 1.82) is 0 Å². The Labute approximate surface area is 131 Å². The molecule has 0 radical (unpaired) electrons. The number of nitrogens with two attached hydrogens (primary N) is 1. The average Bonchev–Trinajstić information content (AvgIpc) is 2.53. The van der Waals surface area contributed by atoms with E-state index in [1.807, 2.05) is 0 Å². The second-order valence-electron chi connectivity index (χ2n) is 4.49. The summed E-state index contributed by atoms with van der Waals surface area (Å²) in [6.07, 6.45) is 0. The van der Waals surface area contributed by atoms with Crippen LogP contribution in [0.5, 0.6) is 0 Å². The molecule has 0 spiro atoms. The summed E-state index contributed by atoms with van der Waals surface area (Å²) >= 11 is 0. The van der Waals surface area contributed by atoms with Gasteiger partial charge in [0.2, 0.25) is 0 Å². The molecule has 1 amide bonds. The number of hydrogen-bond acceptors (Lipinski definition) is 4. The summed E-state index contributed by atoms with van der Waals surface area (Å²) in [4.78, 5) is 11.4. The quantitative estimate of drug-likeness (QED) is 0.485. The zero-order valence-corrected chi connectivity index (χ0v) is 12.6. The minimum Gasteiger partial charge on any atom is -0.293 e. The first-order valence-corrected chi connectivity index (χ1v) is 7.82. The molecule has 0 fully saturated rings. The summed E-state index contributed by atoms with van der Waals surface area (Å²) in [5.74, 6) is 2.13. The predicted octanol–water partition coefficient (Wildman–Crippen LogP) is 1.15. The molecule has 0 aliphatic heterocycles. The number of benzene rings is 2. The maximum Gasteiger partial charge on any atom is 0.264 e. The number of carbonyl (C=O) groups is 1. The molecule has 6 nitrogen and oxygen atoms in total. The maximum atomic E-state index is 14.0. The molecular formula is C14H13F2N3O3S. The van der Waals surface area contributed by atoms with Crippen LogP contribution in [-0.4, -0.2) is 20.9 Å². The van der Waals surface area contributed by atoms with Crippen LogP contribution in [0.25, 0.3) is 0 Å². The lowest BCUT2D eigenvalue weighted by atomic mass is 10.3. The minimum atomic E-state index is -4.24. The average molecular weight is 341 g/mol. The number of rotatable bonds is 5. The van der Waals surface area contributed by atoms with E-state index in [1.54, 1.807) is 11.5 Å². The molecular weight excluding hydrogens is 328 g/mol. The number of anilines is 1. The Balaban J connectivity index is 2.56. The highest BCUT2D eigenvalue weighted by Crippen LogP contribution is 2.26. The van der Waals surface area contributed by atoms with Crippen LogP contribution < -0.4 is 15.6 Å². The topological polar surface area (TPSA) is 92.5 Å². The minimum absolute atomic E-state index is 0.145. The van der Waals surface area contributed by atoms with Gasteiger partial charge in [-0.3, -0.25) is 14.5 Å². The number of halogens is 2. The van der Waals surface area contributed by atoms with Gasteiger partial charge in [-0.2, -0.15) is 0 Å². The van der Waals surface area contributed by atoms with Crippen LogP contribution in [0.3, 0.4) is 0 Å². The van der Waals surface area contributed by atoms with Gasteiger partial charge in [-0.05, 0) is 24.3 Å². The molecule has 0 atom stereocenters. The van der Waals surface area contributed by atoms with Gasteiger partial charge in [-0.1, -0.05) is 18.2 Å². The molecule has 0 heterocycles. The van der Waals surface area contributed by atoms with Crippen molar-refractivity contribution in [1.82, 2.24) is 5.43 Å². The van der Waals surface area contributed by atoms with Crippen molar-refractivity contribution in [3.63, 3.8) is 0 Å². The van der Waals surface area contributed by atoms with E-state index >= 15 is 0 Å². The molecule has 0 saturated heterocycles. The lowest BCUT2D eigenvalue weighted by Crippen LogP contribution is -2.43. The van der Waals surface area contributed by atoms with Gasteiger partial charge in [0.1, 0.15) is 18.2 Å². The van der Waals surface area contributed by atoms with E-state index in [-0.39, 0.29) is 4.90 Å². The highest BCUT2D eigenvalue weighted by molar-refractivity contribution is 7.92. The summed E-state index contributed by atoms with van der Waals surface area (Å²) < 4.78 is 52.9. The largest absolute Gasteiger partial charge is 0.293 e. The number of hydrogen-bond donors (Lipinski definition) is 2. The van der Waals surface area contributed by atoms with E-state index in [1.165, 1.54) is 24.3 Å². The third-order valence-corrected chi connectivity index (χ3v) is 4.73. The third-order valence-electron chi connectivity index (χ3n) is 2.96. The first-order valence-electron chi connectivity index (χ1n) is 6.38. The van der Waals surface area contributed by atoms with Crippen LogP contribution in [0.2, 0.25) is 0 Å². The van der Waals surface area contributed by atoms with Gasteiger partial charge in [0.25, 0.3) is 15.9 Å². The molecule has 122 valence electrons. The van der Waals surface area contributed by atoms with Crippen LogP contribution >= 0.6 is 0 Å². The van der Waals surface area contributed by atoms with Gasteiger partial charge < -0.3 is 0 Å². The SMILES string of the molecule is NNC(=O)CN(c1ccc(F)cc1F)S(=O)(=O)c1ccccc1. The van der Waals surface area contributed by atoms with Gasteiger partial charge in [0.15, 0.2) is 0 Å². The van der Waals surface area contributed by atoms with E-state index in [9.17, 15) is 22.0 Å². The Morgan fingerprint density at radius 2 is 1.78 bits per heavy atom. The van der Waals surface area contributed by atoms with Crippen molar-refractivity contribution in [3.8, 4) is 0 Å². The van der Waals surface area contributed by atoms with Crippen LogP contribution in [0.15, 0.2) is 53.4 Å². The Morgan fingerprint density at radius 1 is 1.13 bits per heavy atom. The zero-order valence-electron chi connectivity index (χ0n) is 11.7. The Morgan fingerprint density at radius 3 is 2.35 bits per heavy atom. The molecule has 9 heteroatoms. The normalized spacial score (nSPS) is 11.1. The van der Waals surface area contributed by atoms with E-state index in [0.717, 1.165) is 12.1 Å². The second kappa shape index (κ2) is 6.71.